The smallest absolute Gasteiger partial charge is 0 e. The third-order valence-electron chi connectivity index (χ3n) is 0. The van der Waals surface area contributed by atoms with E-state index in [1.165, 1.54) is 0 Å². The maximum atomic E-state index is 8.22. The minimum absolute atomic E-state index is 0. The van der Waals surface area contributed by atoms with Crippen LogP contribution in [0.15, 0.2) is 0 Å². The first kappa shape index (κ1) is 17.3. The minimum atomic E-state index is 0. The second-order valence-corrected chi connectivity index (χ2v) is 0. The van der Waals surface area contributed by atoms with Crippen molar-refractivity contribution < 1.29 is 61.4 Å². The Balaban J connectivity index is -0.00000000500. The molecule has 0 saturated carbocycles. The van der Waals surface area contributed by atoms with Crippen molar-refractivity contribution >= 4 is 0 Å². The average molecular weight is 318 g/mol. The summed E-state index contributed by atoms with van der Waals surface area (Å²) in [6.07, 6.45) is 0. The fourth-order valence-corrected chi connectivity index (χ4v) is 0. The minimum Gasteiger partial charge on any atom is 0 e. The third kappa shape index (κ3) is 9.34. The summed E-state index contributed by atoms with van der Waals surface area (Å²) in [5.41, 5.74) is 0. The molecule has 0 rings (SSSR count). The summed E-state index contributed by atoms with van der Waals surface area (Å²) >= 11 is 0.889. The molecule has 0 aromatic heterocycles. The monoisotopic (exact) mass is 317 g/mol. The molecule has 0 N–H and O–H groups in total. The Bertz CT molecular complexity index is 8.00. The Labute approximate surface area is 60.9 Å². The summed E-state index contributed by atoms with van der Waals surface area (Å²) in [6.45, 7) is 0. The topological polar surface area (TPSA) is 17.1 Å². The number of hydrogen-bond acceptors (Lipinski definition) is 1. The Morgan fingerprint density at radius 1 is 1.25 bits per heavy atom. The molecule has 0 bridgehead atoms. The Hall–Kier alpha value is 1.70. The van der Waals surface area contributed by atoms with Crippen LogP contribution in [0.1, 0.15) is 0 Å². The van der Waals surface area contributed by atoms with Crippen LogP contribution < -0.4 is 0 Å². The van der Waals surface area contributed by atoms with E-state index in [4.69, 9.17) is 3.40 Å². The van der Waals surface area contributed by atoms with Crippen LogP contribution in [0.4, 0.5) is 0 Å². The predicted octanol–water partition coefficient (Wildman–Crippen LogP) is -0.126. The molecule has 0 amide bonds. The number of hydrogen-bond donors (Lipinski definition) is 0. The van der Waals surface area contributed by atoms with Gasteiger partial charge in [-0.3, -0.25) is 0 Å². The Morgan fingerprint density at radius 3 is 1.25 bits per heavy atom. The van der Waals surface area contributed by atoms with E-state index < -0.39 is 0 Å². The van der Waals surface area contributed by atoms with Crippen LogP contribution in [0.2, 0.25) is 0 Å². The van der Waals surface area contributed by atoms with Crippen LogP contribution in [0.3, 0.4) is 0 Å². The molecule has 0 heterocycles. The first-order chi connectivity index (χ1) is 1.00. The maximum Gasteiger partial charge on any atom is 0 e. The summed E-state index contributed by atoms with van der Waals surface area (Å²) in [6, 6.07) is 0. The molecular formula is NiOPtTi. The van der Waals surface area contributed by atoms with E-state index in [9.17, 15) is 0 Å². The fraction of sp³-hybridized carbons (Fsp3) is 0. The zero-order valence-electron chi connectivity index (χ0n) is 1.54. The standard InChI is InChI=1S/Ni.O.Pt.Ti. The van der Waals surface area contributed by atoms with Crippen molar-refractivity contribution in [2.45, 2.75) is 0 Å². The van der Waals surface area contributed by atoms with Gasteiger partial charge >= 0.3 is 23.2 Å². The zero-order chi connectivity index (χ0) is 2.00. The second-order valence-electron chi connectivity index (χ2n) is 0. The van der Waals surface area contributed by atoms with Gasteiger partial charge in [-0.1, -0.05) is 0 Å². The third-order valence-corrected chi connectivity index (χ3v) is 0. The second kappa shape index (κ2) is 22.3. The van der Waals surface area contributed by atoms with Crippen molar-refractivity contribution in [3.05, 3.63) is 0 Å². The van der Waals surface area contributed by atoms with E-state index in [-0.39, 0.29) is 38.2 Å². The maximum absolute atomic E-state index is 8.22. The largest absolute Gasteiger partial charge is 0 e. The molecule has 0 saturated heterocycles. The average Bonchev–Trinajstić information content (AvgIpc) is 1.00. The summed E-state index contributed by atoms with van der Waals surface area (Å²) in [4.78, 5) is 0. The molecule has 0 atom stereocenters. The van der Waals surface area contributed by atoms with Crippen molar-refractivity contribution in [3.63, 3.8) is 0 Å². The van der Waals surface area contributed by atoms with E-state index in [1.54, 1.807) is 0 Å². The molecule has 4 heavy (non-hydrogen) atoms. The quantitative estimate of drug-likeness (QED) is 0.569. The zero-order valence-corrected chi connectivity index (χ0v) is 6.36. The summed E-state index contributed by atoms with van der Waals surface area (Å²) < 4.78 is 8.22. The molecule has 0 unspecified atom stereocenters. The van der Waals surface area contributed by atoms with Crippen LogP contribution in [0, 0.1) is 0 Å². The molecule has 0 aromatic rings. The van der Waals surface area contributed by atoms with Gasteiger partial charge < -0.3 is 0 Å². The molecule has 4 heteroatoms. The molecule has 0 aliphatic rings. The molecule has 1 nitrogen and oxygen atoms in total. The van der Waals surface area contributed by atoms with E-state index >= 15 is 0 Å². The van der Waals surface area contributed by atoms with Crippen LogP contribution in [0.5, 0.6) is 0 Å². The van der Waals surface area contributed by atoms with E-state index in [2.05, 4.69) is 0 Å². The summed E-state index contributed by atoms with van der Waals surface area (Å²) in [7, 11) is 0. The van der Waals surface area contributed by atoms with Crippen molar-refractivity contribution in [3.8, 4) is 0 Å². The van der Waals surface area contributed by atoms with Crippen LogP contribution in [-0.2, 0) is 61.4 Å². The van der Waals surface area contributed by atoms with Gasteiger partial charge in [0.05, 0.1) is 0 Å². The molecule has 0 aromatic carbocycles. The van der Waals surface area contributed by atoms with Gasteiger partial charge in [-0.25, -0.2) is 0 Å². The molecule has 0 spiro atoms. The van der Waals surface area contributed by atoms with Gasteiger partial charge in [0.15, 0.2) is 0 Å². The molecular weight excluding hydrogens is 318 g/mol. The van der Waals surface area contributed by atoms with Gasteiger partial charge in [-0.15, -0.1) is 0 Å². The Morgan fingerprint density at radius 2 is 1.25 bits per heavy atom. The SMILES string of the molecule is [Ni].[O]=[Pt].[Ti]. The molecule has 0 fully saturated rings. The van der Waals surface area contributed by atoms with Crippen LogP contribution >= 0.6 is 0 Å². The van der Waals surface area contributed by atoms with Gasteiger partial charge in [0.1, 0.15) is 0 Å². The van der Waals surface area contributed by atoms with Gasteiger partial charge in [0.25, 0.3) is 0 Å². The fourth-order valence-electron chi connectivity index (χ4n) is 0. The summed E-state index contributed by atoms with van der Waals surface area (Å²) in [5, 5.41) is 0. The van der Waals surface area contributed by atoms with E-state index in [1.807, 2.05) is 0 Å². The summed E-state index contributed by atoms with van der Waals surface area (Å²) in [5.74, 6) is 0. The van der Waals surface area contributed by atoms with Crippen molar-refractivity contribution in [2.75, 3.05) is 0 Å². The molecule has 0 aliphatic carbocycles. The van der Waals surface area contributed by atoms with Crippen LogP contribution in [0.25, 0.3) is 0 Å². The first-order valence-electron chi connectivity index (χ1n) is 0.129. The molecule has 0 aliphatic heterocycles. The Kier molecular flexibility index (Phi) is 96.3. The van der Waals surface area contributed by atoms with Gasteiger partial charge in [0.2, 0.25) is 0 Å². The van der Waals surface area contributed by atoms with Crippen molar-refractivity contribution in [2.24, 2.45) is 0 Å². The van der Waals surface area contributed by atoms with Crippen molar-refractivity contribution in [1.29, 1.82) is 0 Å². The van der Waals surface area contributed by atoms with Gasteiger partial charge in [0, 0.05) is 38.2 Å². The predicted molar refractivity (Wildman–Crippen MR) is 0.686 cm³/mol. The van der Waals surface area contributed by atoms with Crippen molar-refractivity contribution in [1.82, 2.24) is 0 Å². The molecule has 30 valence electrons. The number of rotatable bonds is 0. The normalized spacial score (nSPS) is 1.50. The van der Waals surface area contributed by atoms with Crippen LogP contribution in [-0.4, -0.2) is 0 Å². The van der Waals surface area contributed by atoms with E-state index in [0.29, 0.717) is 0 Å². The molecule has 0 radical (unpaired) electrons. The van der Waals surface area contributed by atoms with Gasteiger partial charge in [-0.05, 0) is 0 Å². The first-order valence-corrected chi connectivity index (χ1v) is 1.06. The van der Waals surface area contributed by atoms with E-state index in [0.717, 1.165) is 19.8 Å². The van der Waals surface area contributed by atoms with Gasteiger partial charge in [-0.2, -0.15) is 0 Å².